The highest BCUT2D eigenvalue weighted by molar-refractivity contribution is 5.43. The summed E-state index contributed by atoms with van der Waals surface area (Å²) in [5.74, 6) is 0.253. The minimum atomic E-state index is -2.80. The van der Waals surface area contributed by atoms with Gasteiger partial charge in [0, 0.05) is 6.54 Å². The first-order valence-corrected chi connectivity index (χ1v) is 6.34. The number of benzene rings is 1. The van der Waals surface area contributed by atoms with Gasteiger partial charge in [-0.15, -0.1) is 0 Å². The summed E-state index contributed by atoms with van der Waals surface area (Å²) in [6.45, 7) is 3.81. The molecule has 0 saturated carbocycles. The Morgan fingerprint density at radius 2 is 1.84 bits per heavy atom. The molecule has 0 spiro atoms. The molecular formula is C14H21F2NO2. The smallest absolute Gasteiger partial charge is 0.387 e. The average Bonchev–Trinajstić information content (AvgIpc) is 2.29. The first-order valence-electron chi connectivity index (χ1n) is 6.34. The first-order chi connectivity index (χ1) is 8.90. The molecule has 0 saturated heterocycles. The van der Waals surface area contributed by atoms with E-state index in [2.05, 4.69) is 10.1 Å². The molecule has 1 atom stereocenters. The Morgan fingerprint density at radius 1 is 1.26 bits per heavy atom. The number of hydrogen-bond donors (Lipinski definition) is 2. The van der Waals surface area contributed by atoms with Crippen molar-refractivity contribution in [1.29, 1.82) is 0 Å². The van der Waals surface area contributed by atoms with Gasteiger partial charge in [0.25, 0.3) is 0 Å². The second kappa shape index (κ2) is 7.40. The third-order valence-corrected chi connectivity index (χ3v) is 2.80. The van der Waals surface area contributed by atoms with Crippen molar-refractivity contribution in [3.05, 3.63) is 28.8 Å². The highest BCUT2D eigenvalue weighted by Crippen LogP contribution is 2.26. The Bertz CT molecular complexity index is 385. The molecular weight excluding hydrogens is 252 g/mol. The van der Waals surface area contributed by atoms with Gasteiger partial charge in [0.15, 0.2) is 0 Å². The molecule has 19 heavy (non-hydrogen) atoms. The highest BCUT2D eigenvalue weighted by atomic mass is 19.3. The molecule has 0 aliphatic carbocycles. The minimum Gasteiger partial charge on any atom is -0.434 e. The molecule has 0 aliphatic rings. The molecule has 108 valence electrons. The fourth-order valence-corrected chi connectivity index (χ4v) is 1.96. The maximum atomic E-state index is 12.2. The van der Waals surface area contributed by atoms with Gasteiger partial charge in [0.05, 0.1) is 6.10 Å². The van der Waals surface area contributed by atoms with Gasteiger partial charge in [-0.2, -0.15) is 8.78 Å². The standard InChI is InChI=1S/C14H21F2NO2/c1-9-6-12(8-17-5-4-11(3)18)7-10(2)13(9)19-14(15)16/h6-7,11,14,17-18H,4-5,8H2,1-3H3. The van der Waals surface area contributed by atoms with Crippen molar-refractivity contribution in [2.75, 3.05) is 6.54 Å². The van der Waals surface area contributed by atoms with Crippen molar-refractivity contribution >= 4 is 0 Å². The number of rotatable bonds is 7. The van der Waals surface area contributed by atoms with Crippen LogP contribution in [0.4, 0.5) is 8.78 Å². The van der Waals surface area contributed by atoms with Crippen LogP contribution in [-0.4, -0.2) is 24.4 Å². The van der Waals surface area contributed by atoms with Crippen LogP contribution in [0.1, 0.15) is 30.0 Å². The van der Waals surface area contributed by atoms with Crippen LogP contribution in [0.2, 0.25) is 0 Å². The summed E-state index contributed by atoms with van der Waals surface area (Å²) >= 11 is 0. The number of aliphatic hydroxyl groups is 1. The number of alkyl halides is 2. The SMILES string of the molecule is Cc1cc(CNCCC(C)O)cc(C)c1OC(F)F. The number of ether oxygens (including phenoxy) is 1. The predicted molar refractivity (Wildman–Crippen MR) is 70.6 cm³/mol. The van der Waals surface area contributed by atoms with E-state index in [0.29, 0.717) is 30.6 Å². The van der Waals surface area contributed by atoms with Crippen molar-refractivity contribution in [1.82, 2.24) is 5.32 Å². The fraction of sp³-hybridized carbons (Fsp3) is 0.571. The zero-order chi connectivity index (χ0) is 14.4. The normalized spacial score (nSPS) is 12.8. The zero-order valence-corrected chi connectivity index (χ0v) is 11.5. The Morgan fingerprint density at radius 3 is 2.32 bits per heavy atom. The summed E-state index contributed by atoms with van der Waals surface area (Å²) in [5.41, 5.74) is 2.42. The quantitative estimate of drug-likeness (QED) is 0.751. The van der Waals surface area contributed by atoms with Gasteiger partial charge in [-0.05, 0) is 50.4 Å². The molecule has 1 aromatic rings. The molecule has 0 fully saturated rings. The van der Waals surface area contributed by atoms with E-state index in [4.69, 9.17) is 5.11 Å². The molecule has 0 bridgehead atoms. The van der Waals surface area contributed by atoms with E-state index in [1.54, 1.807) is 20.8 Å². The number of nitrogens with one attached hydrogen (secondary N) is 1. The van der Waals surface area contributed by atoms with Crippen molar-refractivity contribution in [2.45, 2.75) is 46.5 Å². The van der Waals surface area contributed by atoms with Crippen LogP contribution in [0.5, 0.6) is 5.75 Å². The van der Waals surface area contributed by atoms with Gasteiger partial charge >= 0.3 is 6.61 Å². The summed E-state index contributed by atoms with van der Waals surface area (Å²) < 4.78 is 29.0. The number of halogens is 2. The zero-order valence-electron chi connectivity index (χ0n) is 11.5. The molecule has 2 N–H and O–H groups in total. The third kappa shape index (κ3) is 5.53. The molecule has 3 nitrogen and oxygen atoms in total. The Balaban J connectivity index is 2.62. The molecule has 0 aromatic heterocycles. The lowest BCUT2D eigenvalue weighted by Crippen LogP contribution is -2.18. The average molecular weight is 273 g/mol. The summed E-state index contributed by atoms with van der Waals surface area (Å²) in [6, 6.07) is 3.67. The maximum absolute atomic E-state index is 12.2. The van der Waals surface area contributed by atoms with Crippen LogP contribution in [0.15, 0.2) is 12.1 Å². The van der Waals surface area contributed by atoms with E-state index >= 15 is 0 Å². The first kappa shape index (κ1) is 15.9. The second-order valence-corrected chi connectivity index (χ2v) is 4.75. The minimum absolute atomic E-state index is 0.253. The summed E-state index contributed by atoms with van der Waals surface area (Å²) in [4.78, 5) is 0. The third-order valence-electron chi connectivity index (χ3n) is 2.80. The lowest BCUT2D eigenvalue weighted by Gasteiger charge is -2.14. The van der Waals surface area contributed by atoms with Gasteiger partial charge in [0.2, 0.25) is 0 Å². The van der Waals surface area contributed by atoms with Gasteiger partial charge in [-0.25, -0.2) is 0 Å². The monoisotopic (exact) mass is 273 g/mol. The Kier molecular flexibility index (Phi) is 6.18. The summed E-state index contributed by atoms with van der Waals surface area (Å²) in [5, 5.41) is 12.3. The lowest BCUT2D eigenvalue weighted by atomic mass is 10.1. The van der Waals surface area contributed by atoms with E-state index < -0.39 is 6.61 Å². The van der Waals surface area contributed by atoms with E-state index in [9.17, 15) is 8.78 Å². The van der Waals surface area contributed by atoms with E-state index in [1.807, 2.05) is 12.1 Å². The maximum Gasteiger partial charge on any atom is 0.387 e. The largest absolute Gasteiger partial charge is 0.434 e. The van der Waals surface area contributed by atoms with Crippen LogP contribution in [0, 0.1) is 13.8 Å². The van der Waals surface area contributed by atoms with Crippen LogP contribution in [0.3, 0.4) is 0 Å². The van der Waals surface area contributed by atoms with E-state index in [-0.39, 0.29) is 11.9 Å². The topological polar surface area (TPSA) is 41.5 Å². The van der Waals surface area contributed by atoms with E-state index in [0.717, 1.165) is 5.56 Å². The number of aliphatic hydroxyl groups excluding tert-OH is 1. The van der Waals surface area contributed by atoms with Crippen LogP contribution >= 0.6 is 0 Å². The lowest BCUT2D eigenvalue weighted by molar-refractivity contribution is -0.0507. The molecule has 1 aromatic carbocycles. The van der Waals surface area contributed by atoms with E-state index in [1.165, 1.54) is 0 Å². The molecule has 0 radical (unpaired) electrons. The van der Waals surface area contributed by atoms with Gasteiger partial charge in [-0.1, -0.05) is 12.1 Å². The molecule has 0 heterocycles. The molecule has 1 rings (SSSR count). The van der Waals surface area contributed by atoms with Crippen molar-refractivity contribution in [3.8, 4) is 5.75 Å². The van der Waals surface area contributed by atoms with Crippen molar-refractivity contribution in [2.24, 2.45) is 0 Å². The van der Waals surface area contributed by atoms with Crippen LogP contribution in [-0.2, 0) is 6.54 Å². The number of hydrogen-bond acceptors (Lipinski definition) is 3. The Hall–Kier alpha value is -1.20. The molecule has 1 unspecified atom stereocenters. The second-order valence-electron chi connectivity index (χ2n) is 4.75. The summed E-state index contributed by atoms with van der Waals surface area (Å²) in [6.07, 6.45) is 0.364. The highest BCUT2D eigenvalue weighted by Gasteiger charge is 2.11. The van der Waals surface area contributed by atoms with Crippen LogP contribution < -0.4 is 10.1 Å². The summed E-state index contributed by atoms with van der Waals surface area (Å²) in [7, 11) is 0. The molecule has 0 amide bonds. The predicted octanol–water partition coefficient (Wildman–Crippen LogP) is 2.77. The van der Waals surface area contributed by atoms with Crippen LogP contribution in [0.25, 0.3) is 0 Å². The van der Waals surface area contributed by atoms with Gasteiger partial charge < -0.3 is 15.2 Å². The van der Waals surface area contributed by atoms with Crippen molar-refractivity contribution < 1.29 is 18.6 Å². The Labute approximate surface area is 112 Å². The molecule has 0 aliphatic heterocycles. The van der Waals surface area contributed by atoms with Crippen molar-refractivity contribution in [3.63, 3.8) is 0 Å². The fourth-order valence-electron chi connectivity index (χ4n) is 1.96. The number of aryl methyl sites for hydroxylation is 2. The van der Waals surface area contributed by atoms with Gasteiger partial charge in [-0.3, -0.25) is 0 Å². The molecule has 5 heteroatoms. The van der Waals surface area contributed by atoms with Gasteiger partial charge in [0.1, 0.15) is 5.75 Å².